The number of hydrogen-bond donors (Lipinski definition) is 1. The summed E-state index contributed by atoms with van der Waals surface area (Å²) in [5, 5.41) is 0. The van der Waals surface area contributed by atoms with E-state index in [4.69, 9.17) is 5.73 Å². The lowest BCUT2D eigenvalue weighted by Crippen LogP contribution is -2.33. The molecule has 2 rings (SSSR count). The molecule has 0 saturated heterocycles. The molecule has 4 heteroatoms. The largest absolute Gasteiger partial charge is 0.344 e. The molecule has 0 fully saturated rings. The third-order valence-corrected chi connectivity index (χ3v) is 3.52. The molecule has 0 aliphatic heterocycles. The summed E-state index contributed by atoms with van der Waals surface area (Å²) in [5.41, 5.74) is 7.48. The van der Waals surface area contributed by atoms with Gasteiger partial charge in [-0.05, 0) is 37.6 Å². The molecule has 2 N–H and O–H groups in total. The van der Waals surface area contributed by atoms with E-state index in [1.165, 1.54) is 0 Å². The molecular weight excluding hydrogens is 262 g/mol. The molecule has 1 aromatic carbocycles. The third kappa shape index (κ3) is 3.95. The molecule has 0 spiro atoms. The number of aromatic nitrogens is 1. The second-order valence-corrected chi connectivity index (χ2v) is 5.03. The van der Waals surface area contributed by atoms with Crippen LogP contribution in [-0.4, -0.2) is 28.5 Å². The van der Waals surface area contributed by atoms with Gasteiger partial charge in [0.15, 0.2) is 0 Å². The van der Waals surface area contributed by atoms with Crippen LogP contribution in [0.2, 0.25) is 0 Å². The first-order valence-corrected chi connectivity index (χ1v) is 7.44. The van der Waals surface area contributed by atoms with Crippen LogP contribution >= 0.6 is 0 Å². The van der Waals surface area contributed by atoms with Gasteiger partial charge in [0.1, 0.15) is 5.69 Å². The van der Waals surface area contributed by atoms with Gasteiger partial charge in [-0.15, -0.1) is 0 Å². The minimum absolute atomic E-state index is 0.0687. The van der Waals surface area contributed by atoms with Gasteiger partial charge in [-0.3, -0.25) is 4.79 Å². The first kappa shape index (κ1) is 15.3. The van der Waals surface area contributed by atoms with Crippen LogP contribution in [0.25, 0.3) is 0 Å². The van der Waals surface area contributed by atoms with E-state index >= 15 is 0 Å². The molecule has 1 heterocycles. The van der Waals surface area contributed by atoms with Crippen molar-refractivity contribution in [2.75, 3.05) is 13.1 Å². The molecule has 0 saturated carbocycles. The van der Waals surface area contributed by atoms with E-state index in [1.54, 1.807) is 0 Å². The topological polar surface area (TPSA) is 51.3 Å². The SMILES string of the molecule is CCn1cccc1C(=O)N(CCCN)Cc1ccccc1. The zero-order valence-corrected chi connectivity index (χ0v) is 12.5. The molecule has 1 amide bonds. The van der Waals surface area contributed by atoms with Gasteiger partial charge in [0.2, 0.25) is 0 Å². The van der Waals surface area contributed by atoms with Crippen molar-refractivity contribution in [2.45, 2.75) is 26.4 Å². The summed E-state index contributed by atoms with van der Waals surface area (Å²) in [5.74, 6) is 0.0687. The molecule has 0 atom stereocenters. The highest BCUT2D eigenvalue weighted by atomic mass is 16.2. The first-order valence-electron chi connectivity index (χ1n) is 7.44. The number of nitrogens with two attached hydrogens (primary N) is 1. The standard InChI is InChI=1S/C17H23N3O/c1-2-19-12-6-10-16(19)17(21)20(13-7-11-18)14-15-8-4-3-5-9-15/h3-6,8-10,12H,2,7,11,13-14,18H2,1H3. The Morgan fingerprint density at radius 1 is 1.19 bits per heavy atom. The summed E-state index contributed by atoms with van der Waals surface area (Å²) in [6, 6.07) is 13.9. The van der Waals surface area contributed by atoms with E-state index in [0.29, 0.717) is 19.6 Å². The Balaban J connectivity index is 2.17. The van der Waals surface area contributed by atoms with E-state index in [2.05, 4.69) is 0 Å². The van der Waals surface area contributed by atoms with Crippen LogP contribution in [0.15, 0.2) is 48.7 Å². The van der Waals surface area contributed by atoms with Gasteiger partial charge >= 0.3 is 0 Å². The van der Waals surface area contributed by atoms with Gasteiger partial charge in [0.25, 0.3) is 5.91 Å². The van der Waals surface area contributed by atoms with Crippen molar-refractivity contribution in [3.63, 3.8) is 0 Å². The predicted octanol–water partition coefficient (Wildman–Crippen LogP) is 2.50. The number of amides is 1. The van der Waals surface area contributed by atoms with Crippen LogP contribution in [0.4, 0.5) is 0 Å². The lowest BCUT2D eigenvalue weighted by molar-refractivity contribution is 0.0731. The second-order valence-electron chi connectivity index (χ2n) is 5.03. The van der Waals surface area contributed by atoms with E-state index < -0.39 is 0 Å². The van der Waals surface area contributed by atoms with Crippen molar-refractivity contribution < 1.29 is 4.79 Å². The highest BCUT2D eigenvalue weighted by Crippen LogP contribution is 2.11. The van der Waals surface area contributed by atoms with Crippen LogP contribution in [0, 0.1) is 0 Å². The summed E-state index contributed by atoms with van der Waals surface area (Å²) >= 11 is 0. The Labute approximate surface area is 126 Å². The van der Waals surface area contributed by atoms with Crippen LogP contribution in [0.1, 0.15) is 29.4 Å². The molecule has 1 aromatic heterocycles. The zero-order chi connectivity index (χ0) is 15.1. The third-order valence-electron chi connectivity index (χ3n) is 3.52. The van der Waals surface area contributed by atoms with E-state index in [9.17, 15) is 4.79 Å². The second kappa shape index (κ2) is 7.64. The van der Waals surface area contributed by atoms with Crippen LogP contribution in [0.3, 0.4) is 0 Å². The quantitative estimate of drug-likeness (QED) is 0.849. The van der Waals surface area contributed by atoms with Crippen LogP contribution in [-0.2, 0) is 13.1 Å². The lowest BCUT2D eigenvalue weighted by atomic mass is 10.2. The molecule has 112 valence electrons. The van der Waals surface area contributed by atoms with Gasteiger partial charge in [-0.1, -0.05) is 30.3 Å². The molecule has 21 heavy (non-hydrogen) atoms. The van der Waals surface area contributed by atoms with Crippen LogP contribution < -0.4 is 5.73 Å². The van der Waals surface area contributed by atoms with Gasteiger partial charge in [-0.25, -0.2) is 0 Å². The van der Waals surface area contributed by atoms with Crippen molar-refractivity contribution in [3.05, 3.63) is 59.9 Å². The van der Waals surface area contributed by atoms with Gasteiger partial charge in [-0.2, -0.15) is 0 Å². The van der Waals surface area contributed by atoms with E-state index in [0.717, 1.165) is 24.2 Å². The number of carbonyl (C=O) groups is 1. The van der Waals surface area contributed by atoms with Gasteiger partial charge in [0.05, 0.1) is 0 Å². The molecule has 2 aromatic rings. The fourth-order valence-corrected chi connectivity index (χ4v) is 2.38. The highest BCUT2D eigenvalue weighted by Gasteiger charge is 2.18. The Bertz CT molecular complexity index is 562. The monoisotopic (exact) mass is 285 g/mol. The number of aryl methyl sites for hydroxylation is 1. The van der Waals surface area contributed by atoms with Crippen molar-refractivity contribution in [1.82, 2.24) is 9.47 Å². The number of carbonyl (C=O) groups excluding carboxylic acids is 1. The first-order chi connectivity index (χ1) is 10.3. The molecule has 0 aliphatic rings. The molecule has 0 unspecified atom stereocenters. The maximum atomic E-state index is 12.8. The van der Waals surface area contributed by atoms with Crippen molar-refractivity contribution in [3.8, 4) is 0 Å². The number of benzene rings is 1. The predicted molar refractivity (Wildman–Crippen MR) is 85.0 cm³/mol. The lowest BCUT2D eigenvalue weighted by Gasteiger charge is -2.23. The molecule has 0 radical (unpaired) electrons. The van der Waals surface area contributed by atoms with E-state index in [1.807, 2.05) is 65.1 Å². The fourth-order valence-electron chi connectivity index (χ4n) is 2.38. The van der Waals surface area contributed by atoms with Gasteiger partial charge < -0.3 is 15.2 Å². The number of hydrogen-bond acceptors (Lipinski definition) is 2. The minimum atomic E-state index is 0.0687. The summed E-state index contributed by atoms with van der Waals surface area (Å²) < 4.78 is 1.97. The average Bonchev–Trinajstić information content (AvgIpc) is 3.00. The van der Waals surface area contributed by atoms with Crippen molar-refractivity contribution in [1.29, 1.82) is 0 Å². The average molecular weight is 285 g/mol. The maximum absolute atomic E-state index is 12.8. The minimum Gasteiger partial charge on any atom is -0.344 e. The summed E-state index contributed by atoms with van der Waals surface area (Å²) in [6.45, 7) is 4.73. The molecule has 4 nitrogen and oxygen atoms in total. The van der Waals surface area contributed by atoms with Crippen molar-refractivity contribution >= 4 is 5.91 Å². The van der Waals surface area contributed by atoms with Gasteiger partial charge in [0, 0.05) is 25.8 Å². The Hall–Kier alpha value is -2.07. The Kier molecular flexibility index (Phi) is 5.58. The summed E-state index contributed by atoms with van der Waals surface area (Å²) in [4.78, 5) is 14.6. The van der Waals surface area contributed by atoms with Crippen molar-refractivity contribution in [2.24, 2.45) is 5.73 Å². The normalized spacial score (nSPS) is 10.6. The summed E-state index contributed by atoms with van der Waals surface area (Å²) in [7, 11) is 0. The Morgan fingerprint density at radius 2 is 1.95 bits per heavy atom. The number of nitrogens with zero attached hydrogens (tertiary/aromatic N) is 2. The summed E-state index contributed by atoms with van der Waals surface area (Å²) in [6.07, 6.45) is 2.75. The molecule has 0 bridgehead atoms. The fraction of sp³-hybridized carbons (Fsp3) is 0.353. The molecule has 0 aliphatic carbocycles. The van der Waals surface area contributed by atoms with Crippen LogP contribution in [0.5, 0.6) is 0 Å². The Morgan fingerprint density at radius 3 is 2.62 bits per heavy atom. The highest BCUT2D eigenvalue weighted by molar-refractivity contribution is 5.92. The maximum Gasteiger partial charge on any atom is 0.270 e. The van der Waals surface area contributed by atoms with E-state index in [-0.39, 0.29) is 5.91 Å². The smallest absolute Gasteiger partial charge is 0.270 e. The zero-order valence-electron chi connectivity index (χ0n) is 12.5. The number of rotatable bonds is 7. The molecular formula is C17H23N3O.